The van der Waals surface area contributed by atoms with Gasteiger partial charge in [-0.25, -0.2) is 0 Å². The lowest BCUT2D eigenvalue weighted by Crippen LogP contribution is -2.45. The molecule has 1 heterocycles. The van der Waals surface area contributed by atoms with Crippen LogP contribution in [0.4, 0.5) is 0 Å². The van der Waals surface area contributed by atoms with Crippen molar-refractivity contribution in [3.05, 3.63) is 69.7 Å². The number of amides is 2. The van der Waals surface area contributed by atoms with Crippen molar-refractivity contribution in [2.24, 2.45) is 5.92 Å². The zero-order chi connectivity index (χ0) is 22.9. The van der Waals surface area contributed by atoms with Gasteiger partial charge in [-0.1, -0.05) is 35.3 Å². The molecular weight excluding hydrogens is 445 g/mol. The number of hydrogen-bond donors (Lipinski definition) is 2. The van der Waals surface area contributed by atoms with Gasteiger partial charge in [0.1, 0.15) is 0 Å². The summed E-state index contributed by atoms with van der Waals surface area (Å²) < 4.78 is 0. The van der Waals surface area contributed by atoms with Crippen molar-refractivity contribution in [1.29, 1.82) is 0 Å². The summed E-state index contributed by atoms with van der Waals surface area (Å²) >= 11 is 11.9. The fourth-order valence-electron chi connectivity index (χ4n) is 4.16. The molecule has 7 heteroatoms. The van der Waals surface area contributed by atoms with Crippen molar-refractivity contribution < 1.29 is 9.59 Å². The molecule has 0 radical (unpaired) electrons. The molecule has 2 amide bonds. The summed E-state index contributed by atoms with van der Waals surface area (Å²) in [6, 6.07) is 14.7. The zero-order valence-corrected chi connectivity index (χ0v) is 20.0. The normalized spacial score (nSPS) is 18.8. The standard InChI is InChI=1S/C25H31Cl2N3O2/c1-30-16-13-22(18-5-9-20(26)10-6-18)23(17-30)25(32)29-15-4-2-3-14-28-24(31)19-7-11-21(27)12-8-19/h5-12,22-23H,2-4,13-17H2,1H3,(H,28,31)(H,29,32)/t22-,23+/m1/s1. The Labute approximate surface area is 200 Å². The minimum atomic E-state index is -0.0929. The summed E-state index contributed by atoms with van der Waals surface area (Å²) in [7, 11) is 2.07. The first-order chi connectivity index (χ1) is 15.4. The van der Waals surface area contributed by atoms with E-state index in [0.29, 0.717) is 28.7 Å². The van der Waals surface area contributed by atoms with E-state index in [2.05, 4.69) is 22.6 Å². The van der Waals surface area contributed by atoms with Gasteiger partial charge in [0.15, 0.2) is 0 Å². The predicted molar refractivity (Wildman–Crippen MR) is 130 cm³/mol. The molecule has 2 aromatic rings. The van der Waals surface area contributed by atoms with E-state index in [9.17, 15) is 9.59 Å². The molecule has 0 saturated carbocycles. The van der Waals surface area contributed by atoms with Crippen LogP contribution in [-0.4, -0.2) is 49.9 Å². The molecule has 1 aliphatic heterocycles. The zero-order valence-electron chi connectivity index (χ0n) is 18.4. The molecule has 1 fully saturated rings. The van der Waals surface area contributed by atoms with Gasteiger partial charge >= 0.3 is 0 Å². The molecule has 32 heavy (non-hydrogen) atoms. The van der Waals surface area contributed by atoms with Gasteiger partial charge in [0.05, 0.1) is 5.92 Å². The van der Waals surface area contributed by atoms with Crippen LogP contribution in [0.25, 0.3) is 0 Å². The Morgan fingerprint density at radius 3 is 2.16 bits per heavy atom. The number of unbranched alkanes of at least 4 members (excludes halogenated alkanes) is 2. The highest BCUT2D eigenvalue weighted by Gasteiger charge is 2.33. The van der Waals surface area contributed by atoms with Crippen LogP contribution in [0.1, 0.15) is 47.5 Å². The van der Waals surface area contributed by atoms with Crippen LogP contribution in [-0.2, 0) is 4.79 Å². The first kappa shape index (κ1) is 24.6. The highest BCUT2D eigenvalue weighted by Crippen LogP contribution is 2.33. The van der Waals surface area contributed by atoms with E-state index in [4.69, 9.17) is 23.2 Å². The highest BCUT2D eigenvalue weighted by atomic mass is 35.5. The number of hydrogen-bond acceptors (Lipinski definition) is 3. The highest BCUT2D eigenvalue weighted by molar-refractivity contribution is 6.30. The number of halogens is 2. The number of nitrogens with one attached hydrogen (secondary N) is 2. The Morgan fingerprint density at radius 1 is 0.906 bits per heavy atom. The van der Waals surface area contributed by atoms with Gasteiger partial charge in [0.25, 0.3) is 5.91 Å². The molecule has 0 aliphatic carbocycles. The summed E-state index contributed by atoms with van der Waals surface area (Å²) in [6.45, 7) is 3.01. The molecule has 172 valence electrons. The van der Waals surface area contributed by atoms with E-state index >= 15 is 0 Å². The SMILES string of the molecule is CN1CC[C@H](c2ccc(Cl)cc2)[C@@H](C(=O)NCCCCCNC(=O)c2ccc(Cl)cc2)C1. The first-order valence-electron chi connectivity index (χ1n) is 11.2. The largest absolute Gasteiger partial charge is 0.356 e. The van der Waals surface area contributed by atoms with Crippen molar-refractivity contribution in [3.8, 4) is 0 Å². The quantitative estimate of drug-likeness (QED) is 0.514. The summed E-state index contributed by atoms with van der Waals surface area (Å²) in [5.74, 6) is 0.178. The van der Waals surface area contributed by atoms with E-state index < -0.39 is 0 Å². The summed E-state index contributed by atoms with van der Waals surface area (Å²) in [6.07, 6.45) is 3.65. The molecule has 1 aliphatic rings. The Balaban J connectivity index is 1.37. The molecule has 2 aromatic carbocycles. The smallest absolute Gasteiger partial charge is 0.251 e. The maximum Gasteiger partial charge on any atom is 0.251 e. The van der Waals surface area contributed by atoms with Gasteiger partial charge in [0, 0.05) is 35.2 Å². The molecule has 2 N–H and O–H groups in total. The third-order valence-corrected chi connectivity index (χ3v) is 6.50. The van der Waals surface area contributed by atoms with E-state index in [0.717, 1.165) is 38.8 Å². The van der Waals surface area contributed by atoms with E-state index in [1.807, 2.05) is 24.3 Å². The second-order valence-corrected chi connectivity index (χ2v) is 9.30. The number of carbonyl (C=O) groups excluding carboxylic acids is 2. The minimum absolute atomic E-state index is 0.0615. The van der Waals surface area contributed by atoms with Gasteiger partial charge in [0.2, 0.25) is 5.91 Å². The Bertz CT molecular complexity index is 887. The fraction of sp³-hybridized carbons (Fsp3) is 0.440. The molecule has 2 atom stereocenters. The lowest BCUT2D eigenvalue weighted by atomic mass is 9.80. The first-order valence-corrected chi connectivity index (χ1v) is 11.9. The summed E-state index contributed by atoms with van der Waals surface area (Å²) in [5, 5.41) is 7.37. The Kier molecular flexibility index (Phi) is 9.39. The van der Waals surface area contributed by atoms with Crippen molar-refractivity contribution in [3.63, 3.8) is 0 Å². The minimum Gasteiger partial charge on any atom is -0.356 e. The number of likely N-dealkylation sites (tertiary alicyclic amines) is 1. The molecule has 1 saturated heterocycles. The fourth-order valence-corrected chi connectivity index (χ4v) is 4.42. The maximum absolute atomic E-state index is 12.9. The van der Waals surface area contributed by atoms with Crippen molar-refractivity contribution in [2.45, 2.75) is 31.6 Å². The topological polar surface area (TPSA) is 61.4 Å². The molecule has 0 spiro atoms. The van der Waals surface area contributed by atoms with Gasteiger partial charge in [-0.05, 0) is 87.2 Å². The van der Waals surface area contributed by atoms with E-state index in [1.165, 1.54) is 5.56 Å². The average Bonchev–Trinajstić information content (AvgIpc) is 2.79. The maximum atomic E-state index is 12.9. The second kappa shape index (κ2) is 12.2. The second-order valence-electron chi connectivity index (χ2n) is 8.43. The van der Waals surface area contributed by atoms with Crippen molar-refractivity contribution >= 4 is 35.0 Å². The Hall–Kier alpha value is -2.08. The van der Waals surface area contributed by atoms with Gasteiger partial charge < -0.3 is 15.5 Å². The molecule has 0 bridgehead atoms. The van der Waals surface area contributed by atoms with Crippen LogP contribution in [0.5, 0.6) is 0 Å². The van der Waals surface area contributed by atoms with Crippen LogP contribution in [0, 0.1) is 5.92 Å². The third-order valence-electron chi connectivity index (χ3n) is 6.00. The molecular formula is C25H31Cl2N3O2. The molecule has 0 aromatic heterocycles. The predicted octanol–water partition coefficient (Wildman–Crippen LogP) is 4.75. The lowest BCUT2D eigenvalue weighted by Gasteiger charge is -2.36. The summed E-state index contributed by atoms with van der Waals surface area (Å²) in [4.78, 5) is 27.2. The average molecular weight is 476 g/mol. The molecule has 3 rings (SSSR count). The van der Waals surface area contributed by atoms with Crippen LogP contribution in [0.3, 0.4) is 0 Å². The molecule has 5 nitrogen and oxygen atoms in total. The lowest BCUT2D eigenvalue weighted by molar-refractivity contribution is -0.127. The van der Waals surface area contributed by atoms with E-state index in [-0.39, 0.29) is 23.7 Å². The number of carbonyl (C=O) groups is 2. The van der Waals surface area contributed by atoms with Gasteiger partial charge in [-0.15, -0.1) is 0 Å². The van der Waals surface area contributed by atoms with Gasteiger partial charge in [-0.3, -0.25) is 9.59 Å². The number of piperidine rings is 1. The number of rotatable bonds is 9. The van der Waals surface area contributed by atoms with Crippen LogP contribution < -0.4 is 10.6 Å². The number of nitrogens with zero attached hydrogens (tertiary/aromatic N) is 1. The van der Waals surface area contributed by atoms with Crippen molar-refractivity contribution in [1.82, 2.24) is 15.5 Å². The summed E-state index contributed by atoms with van der Waals surface area (Å²) in [5.41, 5.74) is 1.79. The Morgan fingerprint density at radius 2 is 1.50 bits per heavy atom. The van der Waals surface area contributed by atoms with Gasteiger partial charge in [-0.2, -0.15) is 0 Å². The monoisotopic (exact) mass is 475 g/mol. The third kappa shape index (κ3) is 7.22. The van der Waals surface area contributed by atoms with Crippen molar-refractivity contribution in [2.75, 3.05) is 33.2 Å². The van der Waals surface area contributed by atoms with Crippen LogP contribution in [0.15, 0.2) is 48.5 Å². The van der Waals surface area contributed by atoms with E-state index in [1.54, 1.807) is 24.3 Å². The number of benzene rings is 2. The van der Waals surface area contributed by atoms with Crippen LogP contribution >= 0.6 is 23.2 Å². The molecule has 0 unspecified atom stereocenters. The van der Waals surface area contributed by atoms with Crippen LogP contribution in [0.2, 0.25) is 10.0 Å².